The molecule has 1 aliphatic rings. The van der Waals surface area contributed by atoms with E-state index in [1.807, 2.05) is 38.1 Å². The van der Waals surface area contributed by atoms with Crippen molar-refractivity contribution in [3.8, 4) is 16.9 Å². The molecule has 0 aliphatic heterocycles. The normalized spacial score (nSPS) is 14.7. The molecule has 5 rings (SSSR count). The lowest BCUT2D eigenvalue weighted by atomic mass is 9.90. The van der Waals surface area contributed by atoms with Gasteiger partial charge in [-0.15, -0.1) is 0 Å². The van der Waals surface area contributed by atoms with Crippen molar-refractivity contribution in [1.29, 1.82) is 0 Å². The highest BCUT2D eigenvalue weighted by Crippen LogP contribution is 2.38. The van der Waals surface area contributed by atoms with Gasteiger partial charge in [-0.1, -0.05) is 92.2 Å². The Labute approximate surface area is 275 Å². The van der Waals surface area contributed by atoms with Crippen LogP contribution in [0.2, 0.25) is 0 Å². The predicted molar refractivity (Wildman–Crippen MR) is 187 cm³/mol. The summed E-state index contributed by atoms with van der Waals surface area (Å²) in [4.78, 5) is 14.7. The van der Waals surface area contributed by atoms with E-state index in [0.717, 1.165) is 37.1 Å². The highest BCUT2D eigenvalue weighted by molar-refractivity contribution is 5.75. The fourth-order valence-corrected chi connectivity index (χ4v) is 6.49. The van der Waals surface area contributed by atoms with Crippen molar-refractivity contribution in [2.75, 3.05) is 33.4 Å². The number of carbonyl (C=O) groups is 1. The van der Waals surface area contributed by atoms with Crippen molar-refractivity contribution < 1.29 is 19.0 Å². The number of ether oxygens (including phenoxy) is 3. The van der Waals surface area contributed by atoms with Crippen LogP contribution in [0.15, 0.2) is 91.0 Å². The second-order valence-electron chi connectivity index (χ2n) is 12.2. The highest BCUT2D eigenvalue weighted by Gasteiger charge is 2.28. The molecule has 4 aromatic carbocycles. The number of esters is 1. The molecule has 46 heavy (non-hydrogen) atoms. The number of hydrogen-bond donors (Lipinski definition) is 0. The zero-order chi connectivity index (χ0) is 32.3. The van der Waals surface area contributed by atoms with Gasteiger partial charge in [0.15, 0.2) is 6.10 Å². The molecule has 0 heterocycles. The summed E-state index contributed by atoms with van der Waals surface area (Å²) in [7, 11) is 2.23. The molecule has 0 saturated carbocycles. The molecule has 0 spiro atoms. The largest absolute Gasteiger partial charge is 0.492 e. The molecule has 5 nitrogen and oxygen atoms in total. The highest BCUT2D eigenvalue weighted by atomic mass is 16.6. The zero-order valence-corrected chi connectivity index (χ0v) is 28.0. The van der Waals surface area contributed by atoms with Gasteiger partial charge in [-0.3, -0.25) is 4.90 Å². The van der Waals surface area contributed by atoms with Gasteiger partial charge in [0.25, 0.3) is 0 Å². The zero-order valence-electron chi connectivity index (χ0n) is 28.0. The summed E-state index contributed by atoms with van der Waals surface area (Å²) in [6, 6.07) is 33.0. The molecule has 5 heteroatoms. The minimum atomic E-state index is -0.595. The minimum absolute atomic E-state index is 0.156. The lowest BCUT2D eigenvalue weighted by Crippen LogP contribution is -2.30. The molecule has 0 N–H and O–H groups in total. The third kappa shape index (κ3) is 8.45. The Morgan fingerprint density at radius 1 is 0.804 bits per heavy atom. The van der Waals surface area contributed by atoms with Gasteiger partial charge in [0.1, 0.15) is 12.4 Å². The van der Waals surface area contributed by atoms with Crippen LogP contribution in [-0.2, 0) is 40.0 Å². The quantitative estimate of drug-likeness (QED) is 0.125. The van der Waals surface area contributed by atoms with Gasteiger partial charge in [-0.2, -0.15) is 0 Å². The van der Waals surface area contributed by atoms with E-state index in [9.17, 15) is 4.79 Å². The second-order valence-corrected chi connectivity index (χ2v) is 12.2. The summed E-state index contributed by atoms with van der Waals surface area (Å²) < 4.78 is 17.1. The van der Waals surface area contributed by atoms with Crippen molar-refractivity contribution in [2.24, 2.45) is 0 Å². The van der Waals surface area contributed by atoms with Crippen LogP contribution in [0, 0.1) is 0 Å². The van der Waals surface area contributed by atoms with Crippen LogP contribution in [0.1, 0.15) is 73.0 Å². The van der Waals surface area contributed by atoms with E-state index in [4.69, 9.17) is 14.2 Å². The third-order valence-electron chi connectivity index (χ3n) is 8.95. The van der Waals surface area contributed by atoms with Crippen LogP contribution in [0.5, 0.6) is 5.75 Å². The predicted octanol–water partition coefficient (Wildman–Crippen LogP) is 8.41. The average molecular weight is 620 g/mol. The maximum Gasteiger partial charge on any atom is 0.335 e. The van der Waals surface area contributed by atoms with Crippen LogP contribution in [-0.4, -0.2) is 50.4 Å². The van der Waals surface area contributed by atoms with Crippen LogP contribution in [0.3, 0.4) is 0 Å². The number of aryl methyl sites for hydroxylation is 3. The van der Waals surface area contributed by atoms with Crippen molar-refractivity contribution in [1.82, 2.24) is 4.90 Å². The SMILES string of the molecule is CCCCc1ccc2c(c1)C(N(C)CCOc1ccc(CC(OCC)C(=O)OCC)cc1)c1ccc(-c3ccccc3)cc1CC2. The number of likely N-dealkylation sites (N-methyl/N-ethyl adjacent to an activating group) is 1. The van der Waals surface area contributed by atoms with Crippen LogP contribution in [0.25, 0.3) is 11.1 Å². The summed E-state index contributed by atoms with van der Waals surface area (Å²) >= 11 is 0. The molecule has 0 fully saturated rings. The van der Waals surface area contributed by atoms with Crippen LogP contribution >= 0.6 is 0 Å². The van der Waals surface area contributed by atoms with Gasteiger partial charge in [-0.25, -0.2) is 4.79 Å². The Morgan fingerprint density at radius 2 is 1.57 bits per heavy atom. The lowest BCUT2D eigenvalue weighted by Gasteiger charge is -2.31. The summed E-state index contributed by atoms with van der Waals surface area (Å²) in [5.74, 6) is 0.500. The second kappa shape index (κ2) is 16.6. The number of rotatable bonds is 15. The Balaban J connectivity index is 1.32. The van der Waals surface area contributed by atoms with Gasteiger partial charge < -0.3 is 14.2 Å². The van der Waals surface area contributed by atoms with Crippen molar-refractivity contribution in [3.05, 3.63) is 124 Å². The van der Waals surface area contributed by atoms with E-state index in [0.29, 0.717) is 26.2 Å². The monoisotopic (exact) mass is 619 g/mol. The summed E-state index contributed by atoms with van der Waals surface area (Å²) in [5.41, 5.74) is 10.7. The molecule has 1 aliphatic carbocycles. The van der Waals surface area contributed by atoms with Crippen molar-refractivity contribution in [3.63, 3.8) is 0 Å². The molecule has 0 radical (unpaired) electrons. The standard InChI is InChI=1S/C41H49NO4/c1-5-8-12-30-15-18-33-19-20-35-29-34(32-13-10-9-11-14-32)21-24-37(35)40(38(33)27-30)42(4)25-26-46-36-22-16-31(17-23-36)28-39(44-6-2)41(43)45-7-3/h9-11,13-18,21-24,27,29,39-40H,5-8,12,19-20,25-26,28H2,1-4H3. The minimum Gasteiger partial charge on any atom is -0.492 e. The molecular formula is C41H49NO4. The first-order valence-electron chi connectivity index (χ1n) is 17.0. The first kappa shape index (κ1) is 33.4. The lowest BCUT2D eigenvalue weighted by molar-refractivity contribution is -0.156. The number of nitrogens with zero attached hydrogens (tertiary/aromatic N) is 1. The molecule has 0 saturated heterocycles. The first-order valence-corrected chi connectivity index (χ1v) is 17.0. The number of unbranched alkanes of at least 4 members (excludes halogenated alkanes) is 1. The van der Waals surface area contributed by atoms with Gasteiger partial charge in [-0.05, 0) is 103 Å². The van der Waals surface area contributed by atoms with E-state index in [1.54, 1.807) is 0 Å². The molecular weight excluding hydrogens is 570 g/mol. The average Bonchev–Trinajstić information content (AvgIpc) is 3.24. The smallest absolute Gasteiger partial charge is 0.335 e. The van der Waals surface area contributed by atoms with Gasteiger partial charge in [0.2, 0.25) is 0 Å². The maximum atomic E-state index is 12.3. The topological polar surface area (TPSA) is 48.0 Å². The van der Waals surface area contributed by atoms with Crippen molar-refractivity contribution >= 4 is 5.97 Å². The Kier molecular flexibility index (Phi) is 12.0. The molecule has 0 amide bonds. The van der Waals surface area contributed by atoms with E-state index < -0.39 is 6.10 Å². The fourth-order valence-electron chi connectivity index (χ4n) is 6.49. The van der Waals surface area contributed by atoms with Gasteiger partial charge in [0, 0.05) is 19.6 Å². The van der Waals surface area contributed by atoms with E-state index in [2.05, 4.69) is 85.6 Å². The van der Waals surface area contributed by atoms with Crippen LogP contribution in [0.4, 0.5) is 0 Å². The maximum absolute atomic E-state index is 12.3. The summed E-state index contributed by atoms with van der Waals surface area (Å²) in [6.07, 6.45) is 5.47. The molecule has 4 aromatic rings. The third-order valence-corrected chi connectivity index (χ3v) is 8.95. The number of carbonyl (C=O) groups excluding carboxylic acids is 1. The van der Waals surface area contributed by atoms with Gasteiger partial charge in [0.05, 0.1) is 12.6 Å². The van der Waals surface area contributed by atoms with E-state index >= 15 is 0 Å². The van der Waals surface area contributed by atoms with Crippen LogP contribution < -0.4 is 4.74 Å². The summed E-state index contributed by atoms with van der Waals surface area (Å²) in [6.45, 7) is 8.11. The summed E-state index contributed by atoms with van der Waals surface area (Å²) in [5, 5.41) is 0. The Morgan fingerprint density at radius 3 is 2.30 bits per heavy atom. The number of fused-ring (bicyclic) bond motifs is 2. The van der Waals surface area contributed by atoms with E-state index in [-0.39, 0.29) is 12.0 Å². The Hall–Kier alpha value is -3.93. The molecule has 2 unspecified atom stereocenters. The van der Waals surface area contributed by atoms with Crippen molar-refractivity contribution in [2.45, 2.75) is 71.4 Å². The Bertz CT molecular complexity index is 1550. The van der Waals surface area contributed by atoms with E-state index in [1.165, 1.54) is 51.8 Å². The first-order chi connectivity index (χ1) is 22.5. The van der Waals surface area contributed by atoms with Gasteiger partial charge >= 0.3 is 5.97 Å². The molecule has 2 atom stereocenters. The fraction of sp³-hybridized carbons (Fsp3) is 0.390. The molecule has 242 valence electrons. The molecule has 0 aromatic heterocycles. The number of hydrogen-bond acceptors (Lipinski definition) is 5. The molecule has 0 bridgehead atoms. The number of benzene rings is 4.